The Kier molecular flexibility index (Phi) is 8.32. The van der Waals surface area contributed by atoms with Crippen molar-refractivity contribution >= 4 is 29.1 Å². The number of anilines is 1. The fourth-order valence-corrected chi connectivity index (χ4v) is 4.40. The summed E-state index contributed by atoms with van der Waals surface area (Å²) in [4.78, 5) is 28.2. The van der Waals surface area contributed by atoms with Crippen molar-refractivity contribution in [3.63, 3.8) is 0 Å². The Balaban J connectivity index is 1.82. The van der Waals surface area contributed by atoms with Crippen LogP contribution in [0.3, 0.4) is 0 Å². The second-order valence-corrected chi connectivity index (χ2v) is 9.96. The number of nitrogens with two attached hydrogens (primary N) is 1. The molecule has 2 amide bonds. The number of para-hydroxylation sites is 1. The van der Waals surface area contributed by atoms with E-state index in [1.807, 2.05) is 29.2 Å². The van der Waals surface area contributed by atoms with Crippen LogP contribution in [0.5, 0.6) is 0 Å². The smallest absolute Gasteiger partial charge is 0.255 e. The van der Waals surface area contributed by atoms with E-state index in [-0.39, 0.29) is 23.1 Å². The minimum atomic E-state index is -0.229. The summed E-state index contributed by atoms with van der Waals surface area (Å²) < 4.78 is 0. The average Bonchev–Trinajstić information content (AvgIpc) is 2.80. The molecule has 0 aromatic heterocycles. The highest BCUT2D eigenvalue weighted by Gasteiger charge is 2.30. The van der Waals surface area contributed by atoms with Crippen molar-refractivity contribution in [3.05, 3.63) is 64.7 Å². The van der Waals surface area contributed by atoms with Crippen LogP contribution < -0.4 is 11.1 Å². The number of rotatable bonds is 8. The summed E-state index contributed by atoms with van der Waals surface area (Å²) in [5.41, 5.74) is 7.90. The van der Waals surface area contributed by atoms with E-state index in [4.69, 9.17) is 17.3 Å². The molecule has 3 rings (SSSR count). The Labute approximate surface area is 196 Å². The first-order chi connectivity index (χ1) is 15.3. The Morgan fingerprint density at radius 1 is 1.09 bits per heavy atom. The average molecular weight is 456 g/mol. The van der Waals surface area contributed by atoms with Crippen LogP contribution in [0.2, 0.25) is 5.02 Å². The van der Waals surface area contributed by atoms with Crippen LogP contribution >= 0.6 is 11.6 Å². The third kappa shape index (κ3) is 6.57. The van der Waals surface area contributed by atoms with E-state index in [0.717, 1.165) is 31.2 Å². The summed E-state index contributed by atoms with van der Waals surface area (Å²) in [7, 11) is 0. The lowest BCUT2D eigenvalue weighted by molar-refractivity contribution is -0.138. The zero-order valence-corrected chi connectivity index (χ0v) is 19.8. The maximum Gasteiger partial charge on any atom is 0.255 e. The van der Waals surface area contributed by atoms with Gasteiger partial charge in [0.15, 0.2) is 0 Å². The Morgan fingerprint density at radius 2 is 1.81 bits per heavy atom. The van der Waals surface area contributed by atoms with Gasteiger partial charge in [0.2, 0.25) is 5.91 Å². The van der Waals surface area contributed by atoms with Crippen molar-refractivity contribution in [1.82, 2.24) is 4.90 Å². The molecule has 32 heavy (non-hydrogen) atoms. The number of nitrogens with one attached hydrogen (secondary N) is 1. The van der Waals surface area contributed by atoms with Gasteiger partial charge < -0.3 is 16.0 Å². The van der Waals surface area contributed by atoms with Crippen molar-refractivity contribution in [2.45, 2.75) is 52.5 Å². The zero-order chi connectivity index (χ0) is 23.1. The summed E-state index contributed by atoms with van der Waals surface area (Å²) >= 11 is 6.04. The molecule has 1 aliphatic carbocycles. The molecule has 0 spiro atoms. The Bertz CT molecular complexity index is 938. The molecule has 1 fully saturated rings. The maximum atomic E-state index is 13.5. The number of nitrogens with zero attached hydrogens (tertiary/aromatic N) is 1. The monoisotopic (exact) mass is 455 g/mol. The topological polar surface area (TPSA) is 75.4 Å². The van der Waals surface area contributed by atoms with Gasteiger partial charge in [0.25, 0.3) is 5.91 Å². The molecule has 0 aliphatic heterocycles. The molecule has 3 N–H and O–H groups in total. The zero-order valence-electron chi connectivity index (χ0n) is 19.1. The molecule has 5 nitrogen and oxygen atoms in total. The van der Waals surface area contributed by atoms with Gasteiger partial charge in [-0.1, -0.05) is 69.0 Å². The van der Waals surface area contributed by atoms with Gasteiger partial charge in [-0.3, -0.25) is 9.59 Å². The van der Waals surface area contributed by atoms with E-state index in [0.29, 0.717) is 35.9 Å². The molecule has 0 unspecified atom stereocenters. The van der Waals surface area contributed by atoms with E-state index >= 15 is 0 Å². The van der Waals surface area contributed by atoms with Crippen LogP contribution in [0.4, 0.5) is 5.69 Å². The SMILES string of the molecule is CC(C)(CN)CN(Cc1ccccc1NC(=O)c1cccc(Cl)c1)C(=O)C1CCCCC1. The molecule has 2 aromatic carbocycles. The number of hydrogen-bond donors (Lipinski definition) is 2. The first kappa shape index (κ1) is 24.3. The highest BCUT2D eigenvalue weighted by molar-refractivity contribution is 6.31. The minimum Gasteiger partial charge on any atom is -0.337 e. The second-order valence-electron chi connectivity index (χ2n) is 9.52. The summed E-state index contributed by atoms with van der Waals surface area (Å²) in [5.74, 6) is 0.0418. The Morgan fingerprint density at radius 3 is 2.50 bits per heavy atom. The number of amides is 2. The highest BCUT2D eigenvalue weighted by atomic mass is 35.5. The molecule has 0 saturated heterocycles. The van der Waals surface area contributed by atoms with E-state index in [2.05, 4.69) is 19.2 Å². The van der Waals surface area contributed by atoms with Crippen LogP contribution in [0.15, 0.2) is 48.5 Å². The van der Waals surface area contributed by atoms with E-state index in [1.54, 1.807) is 24.3 Å². The molecular weight excluding hydrogens is 422 g/mol. The summed E-state index contributed by atoms with van der Waals surface area (Å²) in [6.45, 7) is 5.68. The van der Waals surface area contributed by atoms with E-state index in [1.165, 1.54) is 6.42 Å². The first-order valence-electron chi connectivity index (χ1n) is 11.4. The van der Waals surface area contributed by atoms with Gasteiger partial charge in [0.05, 0.1) is 0 Å². The van der Waals surface area contributed by atoms with Crippen LogP contribution in [0, 0.1) is 11.3 Å². The lowest BCUT2D eigenvalue weighted by Gasteiger charge is -2.35. The summed E-state index contributed by atoms with van der Waals surface area (Å²) in [5, 5.41) is 3.51. The van der Waals surface area contributed by atoms with Crippen molar-refractivity contribution in [1.29, 1.82) is 0 Å². The summed E-state index contributed by atoms with van der Waals surface area (Å²) in [6.07, 6.45) is 5.32. The van der Waals surface area contributed by atoms with Crippen LogP contribution in [0.25, 0.3) is 0 Å². The molecule has 0 radical (unpaired) electrons. The Hall–Kier alpha value is -2.37. The molecular formula is C26H34ClN3O2. The minimum absolute atomic E-state index is 0.0746. The maximum absolute atomic E-state index is 13.5. The van der Waals surface area contributed by atoms with Crippen molar-refractivity contribution < 1.29 is 9.59 Å². The molecule has 1 saturated carbocycles. The quantitative estimate of drug-likeness (QED) is 0.552. The van der Waals surface area contributed by atoms with Gasteiger partial charge >= 0.3 is 0 Å². The van der Waals surface area contributed by atoms with Gasteiger partial charge in [-0.2, -0.15) is 0 Å². The highest BCUT2D eigenvalue weighted by Crippen LogP contribution is 2.29. The first-order valence-corrected chi connectivity index (χ1v) is 11.8. The molecule has 0 bridgehead atoms. The van der Waals surface area contributed by atoms with E-state index in [9.17, 15) is 9.59 Å². The lowest BCUT2D eigenvalue weighted by atomic mass is 9.86. The van der Waals surface area contributed by atoms with Gasteiger partial charge in [-0.15, -0.1) is 0 Å². The van der Waals surface area contributed by atoms with Crippen molar-refractivity contribution in [3.8, 4) is 0 Å². The number of halogens is 1. The van der Waals surface area contributed by atoms with E-state index < -0.39 is 0 Å². The number of benzene rings is 2. The number of carbonyl (C=O) groups is 2. The fraction of sp³-hybridized carbons (Fsp3) is 0.462. The predicted molar refractivity (Wildman–Crippen MR) is 131 cm³/mol. The van der Waals surface area contributed by atoms with Gasteiger partial charge in [-0.05, 0) is 54.6 Å². The normalized spacial score (nSPS) is 14.8. The van der Waals surface area contributed by atoms with Gasteiger partial charge in [0.1, 0.15) is 0 Å². The summed E-state index contributed by atoms with van der Waals surface area (Å²) in [6, 6.07) is 14.5. The number of carbonyl (C=O) groups excluding carboxylic acids is 2. The molecule has 0 atom stereocenters. The predicted octanol–water partition coefficient (Wildman–Crippen LogP) is 5.49. The van der Waals surface area contributed by atoms with Crippen molar-refractivity contribution in [2.24, 2.45) is 17.1 Å². The molecule has 172 valence electrons. The van der Waals surface area contributed by atoms with Crippen LogP contribution in [0.1, 0.15) is 61.9 Å². The second kappa shape index (κ2) is 11.0. The number of hydrogen-bond acceptors (Lipinski definition) is 3. The largest absolute Gasteiger partial charge is 0.337 e. The van der Waals surface area contributed by atoms with Gasteiger partial charge in [0, 0.05) is 35.3 Å². The third-order valence-corrected chi connectivity index (χ3v) is 6.39. The standard InChI is InChI=1S/C26H34ClN3O2/c1-26(2,17-28)18-30(25(32)19-9-4-3-5-10-19)16-21-11-6-7-14-23(21)29-24(31)20-12-8-13-22(27)15-20/h6-8,11-15,19H,3-5,9-10,16-18,28H2,1-2H3,(H,29,31). The van der Waals surface area contributed by atoms with Crippen molar-refractivity contribution in [2.75, 3.05) is 18.4 Å². The molecule has 0 heterocycles. The van der Waals surface area contributed by atoms with Gasteiger partial charge in [-0.25, -0.2) is 0 Å². The molecule has 1 aliphatic rings. The van der Waals surface area contributed by atoms with Crippen LogP contribution in [-0.2, 0) is 11.3 Å². The molecule has 6 heteroatoms. The lowest BCUT2D eigenvalue weighted by Crippen LogP contribution is -2.44. The third-order valence-electron chi connectivity index (χ3n) is 6.15. The molecule has 2 aromatic rings. The van der Waals surface area contributed by atoms with Crippen LogP contribution in [-0.4, -0.2) is 29.8 Å². The fourth-order valence-electron chi connectivity index (χ4n) is 4.21.